The van der Waals surface area contributed by atoms with Crippen molar-refractivity contribution in [3.63, 3.8) is 0 Å². The van der Waals surface area contributed by atoms with Crippen molar-refractivity contribution < 1.29 is 27.9 Å². The summed E-state index contributed by atoms with van der Waals surface area (Å²) in [6.45, 7) is 1.38. The standard InChI is InChI=1S/C33H29F3N2O3/c34-33(35,36)25-11-16-28(22-7-3-1-4-8-22)29(21-25)31(39)37-26-12-14-27(15-13-26)38-19-17-24(18-20-38)30(32(40)41)23-9-5-2-6-10-23/h1-16,21,24,30H,17-20H2,(H,37,39)(H,40,41). The summed E-state index contributed by atoms with van der Waals surface area (Å²) in [5.74, 6) is -1.97. The first-order valence-corrected chi connectivity index (χ1v) is 13.4. The maximum absolute atomic E-state index is 13.4. The Kier molecular flexibility index (Phi) is 8.10. The predicted molar refractivity (Wildman–Crippen MR) is 153 cm³/mol. The number of alkyl halides is 3. The van der Waals surface area contributed by atoms with Gasteiger partial charge in [-0.2, -0.15) is 13.2 Å². The molecule has 1 unspecified atom stereocenters. The molecule has 1 fully saturated rings. The third kappa shape index (κ3) is 6.43. The number of carbonyl (C=O) groups excluding carboxylic acids is 1. The van der Waals surface area contributed by atoms with Crippen molar-refractivity contribution in [1.29, 1.82) is 0 Å². The summed E-state index contributed by atoms with van der Waals surface area (Å²) in [7, 11) is 0. The van der Waals surface area contributed by atoms with Crippen molar-refractivity contribution >= 4 is 23.3 Å². The van der Waals surface area contributed by atoms with Gasteiger partial charge in [-0.15, -0.1) is 0 Å². The molecule has 1 aliphatic heterocycles. The highest BCUT2D eigenvalue weighted by Gasteiger charge is 2.33. The Labute approximate surface area is 236 Å². The first-order chi connectivity index (χ1) is 19.7. The lowest BCUT2D eigenvalue weighted by molar-refractivity contribution is -0.140. The molecule has 1 saturated heterocycles. The molecule has 2 N–H and O–H groups in total. The van der Waals surface area contributed by atoms with E-state index in [2.05, 4.69) is 10.2 Å². The molecule has 0 saturated carbocycles. The lowest BCUT2D eigenvalue weighted by atomic mass is 9.80. The molecule has 0 radical (unpaired) electrons. The lowest BCUT2D eigenvalue weighted by Gasteiger charge is -2.36. The van der Waals surface area contributed by atoms with Gasteiger partial charge in [0.2, 0.25) is 0 Å². The molecule has 5 rings (SSSR count). The Hall–Kier alpha value is -4.59. The number of piperidine rings is 1. The van der Waals surface area contributed by atoms with Crippen LogP contribution < -0.4 is 10.2 Å². The molecule has 1 amide bonds. The van der Waals surface area contributed by atoms with Crippen LogP contribution in [0.4, 0.5) is 24.5 Å². The zero-order chi connectivity index (χ0) is 29.0. The number of rotatable bonds is 7. The Morgan fingerprint density at radius 3 is 2.02 bits per heavy atom. The number of aliphatic carboxylic acids is 1. The quantitative estimate of drug-likeness (QED) is 0.244. The van der Waals surface area contributed by atoms with Crippen molar-refractivity contribution in [3.05, 3.63) is 120 Å². The first-order valence-electron chi connectivity index (χ1n) is 13.4. The fourth-order valence-electron chi connectivity index (χ4n) is 5.50. The second-order valence-electron chi connectivity index (χ2n) is 10.2. The molecule has 5 nitrogen and oxygen atoms in total. The van der Waals surface area contributed by atoms with Crippen LogP contribution in [0.3, 0.4) is 0 Å². The number of amides is 1. The zero-order valence-electron chi connectivity index (χ0n) is 22.1. The van der Waals surface area contributed by atoms with E-state index in [0.29, 0.717) is 29.9 Å². The average molecular weight is 559 g/mol. The molecule has 1 aliphatic rings. The van der Waals surface area contributed by atoms with Crippen LogP contribution in [0.2, 0.25) is 0 Å². The Balaban J connectivity index is 1.28. The molecule has 41 heavy (non-hydrogen) atoms. The molecule has 0 aromatic heterocycles. The van der Waals surface area contributed by atoms with Crippen molar-refractivity contribution in [3.8, 4) is 11.1 Å². The average Bonchev–Trinajstić information content (AvgIpc) is 2.98. The molecule has 1 heterocycles. The minimum Gasteiger partial charge on any atom is -0.481 e. The third-order valence-corrected chi connectivity index (χ3v) is 7.60. The number of carboxylic acid groups (broad SMARTS) is 1. The van der Waals surface area contributed by atoms with E-state index in [1.165, 1.54) is 6.07 Å². The highest BCUT2D eigenvalue weighted by atomic mass is 19.4. The van der Waals surface area contributed by atoms with Gasteiger partial charge in [0.25, 0.3) is 5.91 Å². The van der Waals surface area contributed by atoms with E-state index in [1.54, 1.807) is 42.5 Å². The van der Waals surface area contributed by atoms with Gasteiger partial charge in [-0.3, -0.25) is 9.59 Å². The molecular weight excluding hydrogens is 529 g/mol. The van der Waals surface area contributed by atoms with E-state index in [4.69, 9.17) is 0 Å². The summed E-state index contributed by atoms with van der Waals surface area (Å²) < 4.78 is 40.3. The predicted octanol–water partition coefficient (Wildman–Crippen LogP) is 7.71. The van der Waals surface area contributed by atoms with Crippen molar-refractivity contribution in [2.75, 3.05) is 23.3 Å². The summed E-state index contributed by atoms with van der Waals surface area (Å²) in [5.41, 5.74) is 2.29. The Morgan fingerprint density at radius 1 is 0.829 bits per heavy atom. The minimum atomic E-state index is -4.58. The molecule has 0 spiro atoms. The second-order valence-corrected chi connectivity index (χ2v) is 10.2. The van der Waals surface area contributed by atoms with E-state index in [1.807, 2.05) is 42.5 Å². The van der Waals surface area contributed by atoms with Gasteiger partial charge in [-0.1, -0.05) is 66.7 Å². The fraction of sp³-hybridized carbons (Fsp3) is 0.212. The van der Waals surface area contributed by atoms with Gasteiger partial charge in [0.1, 0.15) is 0 Å². The summed E-state index contributed by atoms with van der Waals surface area (Å²) >= 11 is 0. The summed E-state index contributed by atoms with van der Waals surface area (Å²) in [6.07, 6.45) is -3.13. The first kappa shape index (κ1) is 28.0. The number of nitrogens with zero attached hydrogens (tertiary/aromatic N) is 1. The normalized spacial score (nSPS) is 14.9. The molecule has 4 aromatic carbocycles. The van der Waals surface area contributed by atoms with Gasteiger partial charge in [0, 0.05) is 30.0 Å². The van der Waals surface area contributed by atoms with Crippen LogP contribution >= 0.6 is 0 Å². The number of hydrogen-bond acceptors (Lipinski definition) is 3. The van der Waals surface area contributed by atoms with Crippen molar-refractivity contribution in [1.82, 2.24) is 0 Å². The Bertz CT molecular complexity index is 1500. The van der Waals surface area contributed by atoms with Gasteiger partial charge in [0.15, 0.2) is 0 Å². The number of halogens is 3. The molecule has 8 heteroatoms. The Morgan fingerprint density at radius 2 is 1.44 bits per heavy atom. The van der Waals surface area contributed by atoms with E-state index < -0.39 is 29.5 Å². The van der Waals surface area contributed by atoms with Gasteiger partial charge >= 0.3 is 12.1 Å². The van der Waals surface area contributed by atoms with E-state index in [0.717, 1.165) is 36.2 Å². The molecule has 4 aromatic rings. The van der Waals surface area contributed by atoms with Gasteiger partial charge in [-0.05, 0) is 71.8 Å². The maximum Gasteiger partial charge on any atom is 0.416 e. The zero-order valence-corrected chi connectivity index (χ0v) is 22.1. The summed E-state index contributed by atoms with van der Waals surface area (Å²) in [5, 5.41) is 12.6. The molecule has 1 atom stereocenters. The second kappa shape index (κ2) is 11.9. The third-order valence-electron chi connectivity index (χ3n) is 7.60. The van der Waals surface area contributed by atoms with Crippen molar-refractivity contribution in [2.45, 2.75) is 24.9 Å². The van der Waals surface area contributed by atoms with E-state index >= 15 is 0 Å². The smallest absolute Gasteiger partial charge is 0.416 e. The van der Waals surface area contributed by atoms with Crippen LogP contribution in [0.25, 0.3) is 11.1 Å². The number of benzene rings is 4. The fourth-order valence-corrected chi connectivity index (χ4v) is 5.50. The topological polar surface area (TPSA) is 69.6 Å². The number of anilines is 2. The van der Waals surface area contributed by atoms with Crippen LogP contribution in [0.5, 0.6) is 0 Å². The van der Waals surface area contributed by atoms with Crippen LogP contribution in [-0.2, 0) is 11.0 Å². The van der Waals surface area contributed by atoms with Crippen LogP contribution in [0.1, 0.15) is 40.2 Å². The number of nitrogens with one attached hydrogen (secondary N) is 1. The number of carbonyl (C=O) groups is 2. The van der Waals surface area contributed by atoms with Gasteiger partial charge in [-0.25, -0.2) is 0 Å². The summed E-state index contributed by atoms with van der Waals surface area (Å²) in [6, 6.07) is 28.5. The van der Waals surface area contributed by atoms with Gasteiger partial charge in [0.05, 0.1) is 11.5 Å². The monoisotopic (exact) mass is 558 g/mol. The number of hydrogen-bond donors (Lipinski definition) is 2. The van der Waals surface area contributed by atoms with Crippen LogP contribution in [0, 0.1) is 5.92 Å². The van der Waals surface area contributed by atoms with E-state index in [-0.39, 0.29) is 11.5 Å². The van der Waals surface area contributed by atoms with Crippen LogP contribution in [0.15, 0.2) is 103 Å². The summed E-state index contributed by atoms with van der Waals surface area (Å²) in [4.78, 5) is 27.4. The minimum absolute atomic E-state index is 0.0241. The largest absolute Gasteiger partial charge is 0.481 e. The molecule has 0 aliphatic carbocycles. The highest BCUT2D eigenvalue weighted by molar-refractivity contribution is 6.09. The van der Waals surface area contributed by atoms with E-state index in [9.17, 15) is 27.9 Å². The lowest BCUT2D eigenvalue weighted by Crippen LogP contribution is -2.37. The number of carboxylic acids is 1. The van der Waals surface area contributed by atoms with Crippen LogP contribution in [-0.4, -0.2) is 30.1 Å². The molecule has 0 bridgehead atoms. The SMILES string of the molecule is O=C(Nc1ccc(N2CCC(C(C(=O)O)c3ccccc3)CC2)cc1)c1cc(C(F)(F)F)ccc1-c1ccccc1. The van der Waals surface area contributed by atoms with Gasteiger partial charge < -0.3 is 15.3 Å². The molecular formula is C33H29F3N2O3. The highest BCUT2D eigenvalue weighted by Crippen LogP contribution is 2.36. The maximum atomic E-state index is 13.4. The van der Waals surface area contributed by atoms with Crippen molar-refractivity contribution in [2.24, 2.45) is 5.92 Å². The molecule has 210 valence electrons.